The molecule has 0 spiro atoms. The predicted octanol–water partition coefficient (Wildman–Crippen LogP) is 6.28. The summed E-state index contributed by atoms with van der Waals surface area (Å²) < 4.78 is 2.55. The van der Waals surface area contributed by atoms with E-state index >= 15 is 0 Å². The van der Waals surface area contributed by atoms with Crippen LogP contribution >= 0.6 is 0 Å². The maximum atomic E-state index is 12.3. The minimum Gasteiger partial charge on any atom is -0.344 e. The van der Waals surface area contributed by atoms with E-state index in [-0.39, 0.29) is 6.03 Å². The molecule has 0 saturated heterocycles. The molecular formula is C25H27N3O. The molecule has 4 saturated carbocycles. The van der Waals surface area contributed by atoms with E-state index in [2.05, 4.69) is 39.6 Å². The highest BCUT2D eigenvalue weighted by Crippen LogP contribution is 2.58. The first-order chi connectivity index (χ1) is 14.2. The van der Waals surface area contributed by atoms with Crippen molar-refractivity contribution >= 4 is 28.3 Å². The maximum absolute atomic E-state index is 12.3. The van der Waals surface area contributed by atoms with Crippen LogP contribution in [0.25, 0.3) is 10.9 Å². The summed E-state index contributed by atoms with van der Waals surface area (Å²) in [6.45, 7) is 0. The first-order valence-corrected chi connectivity index (χ1v) is 11.0. The Balaban J connectivity index is 1.23. The van der Waals surface area contributed by atoms with Crippen LogP contribution in [0.3, 0.4) is 0 Å². The number of carbonyl (C=O) groups is 1. The third kappa shape index (κ3) is 3.02. The summed E-state index contributed by atoms with van der Waals surface area (Å²) in [5, 5.41) is 7.04. The second kappa shape index (κ2) is 6.65. The topological polar surface area (TPSA) is 46.1 Å². The summed E-state index contributed by atoms with van der Waals surface area (Å²) in [6.07, 6.45) is 9.48. The zero-order chi connectivity index (χ0) is 19.4. The average Bonchev–Trinajstić information content (AvgIpc) is 3.11. The fraction of sp³-hybridized carbons (Fsp3) is 0.400. The normalized spacial score (nSPS) is 29.9. The lowest BCUT2D eigenvalue weighted by atomic mass is 9.54. The molecule has 4 fully saturated rings. The van der Waals surface area contributed by atoms with Crippen molar-refractivity contribution in [1.82, 2.24) is 4.57 Å². The number of urea groups is 1. The average molecular weight is 386 g/mol. The van der Waals surface area contributed by atoms with Crippen molar-refractivity contribution in [3.8, 4) is 0 Å². The van der Waals surface area contributed by atoms with Gasteiger partial charge in [-0.1, -0.05) is 18.2 Å². The van der Waals surface area contributed by atoms with Gasteiger partial charge in [-0.15, -0.1) is 0 Å². The Morgan fingerprint density at radius 1 is 0.793 bits per heavy atom. The zero-order valence-electron chi connectivity index (χ0n) is 16.6. The molecule has 0 unspecified atom stereocenters. The van der Waals surface area contributed by atoms with E-state index in [9.17, 15) is 4.79 Å². The Kier molecular flexibility index (Phi) is 3.93. The van der Waals surface area contributed by atoms with Gasteiger partial charge in [0.1, 0.15) is 0 Å². The quantitative estimate of drug-likeness (QED) is 0.547. The van der Waals surface area contributed by atoms with E-state index in [4.69, 9.17) is 0 Å². The van der Waals surface area contributed by atoms with Crippen molar-refractivity contribution in [1.29, 1.82) is 0 Å². The molecular weight excluding hydrogens is 358 g/mol. The highest BCUT2D eigenvalue weighted by molar-refractivity contribution is 6.01. The van der Waals surface area contributed by atoms with Gasteiger partial charge in [0.05, 0.1) is 0 Å². The largest absolute Gasteiger partial charge is 0.344 e. The van der Waals surface area contributed by atoms with Gasteiger partial charge in [0, 0.05) is 34.5 Å². The molecule has 29 heavy (non-hydrogen) atoms. The predicted molar refractivity (Wildman–Crippen MR) is 117 cm³/mol. The number of rotatable bonds is 3. The number of benzene rings is 2. The van der Waals surface area contributed by atoms with Crippen LogP contribution in [0.1, 0.15) is 38.1 Å². The molecule has 1 heterocycles. The Morgan fingerprint density at radius 3 is 2.21 bits per heavy atom. The van der Waals surface area contributed by atoms with Crippen LogP contribution in [0.15, 0.2) is 60.8 Å². The molecule has 4 bridgehead atoms. The molecule has 4 aliphatic rings. The Labute approximate surface area is 171 Å². The number of carbonyl (C=O) groups excluding carboxylic acids is 1. The smallest absolute Gasteiger partial charge is 0.323 e. The van der Waals surface area contributed by atoms with Crippen LogP contribution in [-0.2, 0) is 0 Å². The molecule has 4 aliphatic carbocycles. The van der Waals surface area contributed by atoms with E-state index in [1.807, 2.05) is 36.4 Å². The summed E-state index contributed by atoms with van der Waals surface area (Å²) in [6, 6.07) is 18.5. The number of nitrogens with zero attached hydrogens (tertiary/aromatic N) is 1. The number of fused-ring (bicyclic) bond motifs is 1. The van der Waals surface area contributed by atoms with Crippen molar-refractivity contribution in [2.75, 3.05) is 10.6 Å². The van der Waals surface area contributed by atoms with E-state index in [0.717, 1.165) is 35.0 Å². The Hall–Kier alpha value is -2.75. The van der Waals surface area contributed by atoms with Crippen molar-refractivity contribution < 1.29 is 4.79 Å². The fourth-order valence-corrected chi connectivity index (χ4v) is 6.67. The molecule has 2 N–H and O–H groups in total. The second-order valence-electron chi connectivity index (χ2n) is 9.36. The van der Waals surface area contributed by atoms with Gasteiger partial charge in [-0.3, -0.25) is 0 Å². The van der Waals surface area contributed by atoms with Gasteiger partial charge in [0.15, 0.2) is 0 Å². The fourth-order valence-electron chi connectivity index (χ4n) is 6.67. The SMILES string of the molecule is O=C(Nc1ccccc1)Nc1ccc2c(ccn2C2C3CC4CC(C3)CC2C4)c1. The third-order valence-corrected chi connectivity index (χ3v) is 7.51. The molecule has 3 aromatic rings. The van der Waals surface area contributed by atoms with E-state index in [1.165, 1.54) is 43.0 Å². The number of nitrogens with one attached hydrogen (secondary N) is 2. The summed E-state index contributed by atoms with van der Waals surface area (Å²) in [5.41, 5.74) is 2.92. The number of aromatic nitrogens is 1. The van der Waals surface area contributed by atoms with Gasteiger partial charge in [0.2, 0.25) is 0 Å². The number of hydrogen-bond donors (Lipinski definition) is 2. The minimum absolute atomic E-state index is 0.212. The van der Waals surface area contributed by atoms with E-state index in [0.29, 0.717) is 6.04 Å². The second-order valence-corrected chi connectivity index (χ2v) is 9.36. The van der Waals surface area contributed by atoms with Crippen LogP contribution in [0, 0.1) is 23.7 Å². The van der Waals surface area contributed by atoms with Gasteiger partial charge in [-0.05, 0) is 92.2 Å². The molecule has 148 valence electrons. The van der Waals surface area contributed by atoms with Crippen molar-refractivity contribution in [2.24, 2.45) is 23.7 Å². The first kappa shape index (κ1) is 17.1. The van der Waals surface area contributed by atoms with Gasteiger partial charge in [-0.2, -0.15) is 0 Å². The Morgan fingerprint density at radius 2 is 1.48 bits per heavy atom. The Bertz CT molecular complexity index is 1030. The number of amides is 2. The lowest BCUT2D eigenvalue weighted by molar-refractivity contribution is -0.0274. The van der Waals surface area contributed by atoms with Crippen LogP contribution in [0.4, 0.5) is 16.2 Å². The molecule has 4 nitrogen and oxygen atoms in total. The molecule has 0 aliphatic heterocycles. The molecule has 1 aromatic heterocycles. The van der Waals surface area contributed by atoms with Crippen molar-refractivity contribution in [3.63, 3.8) is 0 Å². The molecule has 2 aromatic carbocycles. The standard InChI is InChI=1S/C25H27N3O/c29-25(26-21-4-2-1-3-5-21)27-22-6-7-23-18(15-22)8-9-28(23)24-19-11-16-10-17(13-19)14-20(24)12-16/h1-9,15-17,19-20,24H,10-14H2,(H2,26,27,29). The minimum atomic E-state index is -0.212. The highest BCUT2D eigenvalue weighted by atomic mass is 16.2. The summed E-state index contributed by atoms with van der Waals surface area (Å²) in [5.74, 6) is 3.71. The zero-order valence-corrected chi connectivity index (χ0v) is 16.6. The molecule has 4 heteroatoms. The van der Waals surface area contributed by atoms with Gasteiger partial charge in [-0.25, -0.2) is 4.79 Å². The van der Waals surface area contributed by atoms with Crippen LogP contribution in [-0.4, -0.2) is 10.6 Å². The first-order valence-electron chi connectivity index (χ1n) is 11.0. The van der Waals surface area contributed by atoms with Crippen LogP contribution in [0.5, 0.6) is 0 Å². The van der Waals surface area contributed by atoms with Gasteiger partial charge >= 0.3 is 6.03 Å². The lowest BCUT2D eigenvalue weighted by Gasteiger charge is -2.54. The van der Waals surface area contributed by atoms with E-state index in [1.54, 1.807) is 0 Å². The third-order valence-electron chi connectivity index (χ3n) is 7.51. The van der Waals surface area contributed by atoms with Gasteiger partial charge in [0.25, 0.3) is 0 Å². The van der Waals surface area contributed by atoms with Crippen molar-refractivity contribution in [2.45, 2.75) is 38.1 Å². The summed E-state index contributed by atoms with van der Waals surface area (Å²) in [7, 11) is 0. The van der Waals surface area contributed by atoms with Crippen LogP contribution < -0.4 is 10.6 Å². The lowest BCUT2D eigenvalue weighted by Crippen LogP contribution is -2.45. The number of hydrogen-bond acceptors (Lipinski definition) is 1. The number of anilines is 2. The maximum Gasteiger partial charge on any atom is 0.323 e. The summed E-state index contributed by atoms with van der Waals surface area (Å²) >= 11 is 0. The molecule has 0 radical (unpaired) electrons. The van der Waals surface area contributed by atoms with Gasteiger partial charge < -0.3 is 15.2 Å². The number of para-hydroxylation sites is 1. The summed E-state index contributed by atoms with van der Waals surface area (Å²) in [4.78, 5) is 12.3. The molecule has 7 rings (SSSR count). The van der Waals surface area contributed by atoms with Crippen LogP contribution in [0.2, 0.25) is 0 Å². The highest BCUT2D eigenvalue weighted by Gasteiger charge is 2.48. The molecule has 0 atom stereocenters. The van der Waals surface area contributed by atoms with E-state index < -0.39 is 0 Å². The van der Waals surface area contributed by atoms with Crippen molar-refractivity contribution in [3.05, 3.63) is 60.8 Å². The molecule has 2 amide bonds. The monoisotopic (exact) mass is 385 g/mol.